The normalized spacial score (nSPS) is 11.6. The van der Waals surface area contributed by atoms with E-state index >= 15 is 0 Å². The number of tetrazole rings is 1. The van der Waals surface area contributed by atoms with Gasteiger partial charge in [-0.05, 0) is 56.3 Å². The third-order valence-electron chi connectivity index (χ3n) is 9.89. The zero-order valence-corrected chi connectivity index (χ0v) is 29.4. The largest absolute Gasteiger partial charge is 0.352 e. The average molecular weight is 681 g/mol. The van der Waals surface area contributed by atoms with Crippen molar-refractivity contribution in [3.63, 3.8) is 0 Å². The predicted molar refractivity (Wildman–Crippen MR) is 208 cm³/mol. The monoisotopic (exact) mass is 680 g/mol. The van der Waals surface area contributed by atoms with E-state index < -0.39 is 5.54 Å². The summed E-state index contributed by atoms with van der Waals surface area (Å²) in [6.45, 7) is 3.88. The van der Waals surface area contributed by atoms with Gasteiger partial charge in [-0.25, -0.2) is 14.6 Å². The molecule has 0 N–H and O–H groups in total. The number of fused-ring (bicyclic) bond motifs is 1. The summed E-state index contributed by atoms with van der Waals surface area (Å²) in [6.07, 6.45) is 5.91. The Balaban J connectivity index is 1.21. The molecule has 0 aliphatic rings. The van der Waals surface area contributed by atoms with Crippen molar-refractivity contribution in [3.05, 3.63) is 180 Å². The molecule has 0 spiro atoms. The first kappa shape index (κ1) is 32.8. The van der Waals surface area contributed by atoms with E-state index in [0.717, 1.165) is 76.2 Å². The quantitative estimate of drug-likeness (QED) is 0.120. The van der Waals surface area contributed by atoms with Gasteiger partial charge in [0.1, 0.15) is 23.3 Å². The molecule has 0 fully saturated rings. The van der Waals surface area contributed by atoms with Gasteiger partial charge in [0.25, 0.3) is 0 Å². The molecule has 0 saturated carbocycles. The zero-order valence-electron chi connectivity index (χ0n) is 29.4. The predicted octanol–water partition coefficient (Wildman–Crippen LogP) is 8.94. The van der Waals surface area contributed by atoms with Crippen molar-refractivity contribution in [1.82, 2.24) is 34.7 Å². The molecule has 52 heavy (non-hydrogen) atoms. The average Bonchev–Trinajstić information content (AvgIpc) is 3.86. The molecule has 0 aliphatic heterocycles. The molecule has 0 unspecified atom stereocenters. The highest BCUT2D eigenvalue weighted by Gasteiger charge is 2.42. The van der Waals surface area contributed by atoms with Gasteiger partial charge >= 0.3 is 0 Å². The molecule has 8 aromatic rings. The molecule has 5 aromatic carbocycles. The van der Waals surface area contributed by atoms with E-state index in [-0.39, 0.29) is 0 Å². The Bertz CT molecular complexity index is 2290. The number of rotatable bonds is 12. The number of hydrogen-bond donors (Lipinski definition) is 0. The summed E-state index contributed by atoms with van der Waals surface area (Å²) in [5, 5.41) is 14.9. The van der Waals surface area contributed by atoms with Gasteiger partial charge in [-0.3, -0.25) is 0 Å². The Kier molecular flexibility index (Phi) is 9.10. The Hall–Kier alpha value is -6.41. The lowest BCUT2D eigenvalue weighted by molar-refractivity contribution is 0.451. The van der Waals surface area contributed by atoms with Crippen molar-refractivity contribution < 1.29 is 0 Å². The highest BCUT2D eigenvalue weighted by atomic mass is 15.6. The van der Waals surface area contributed by atoms with Crippen LogP contribution in [-0.4, -0.2) is 41.3 Å². The van der Waals surface area contributed by atoms with Gasteiger partial charge < -0.3 is 9.47 Å². The lowest BCUT2D eigenvalue weighted by atomic mass is 9.77. The van der Waals surface area contributed by atoms with E-state index in [0.29, 0.717) is 5.82 Å². The number of nitrogens with zero attached hydrogens (tertiary/aromatic N) is 8. The number of benzene rings is 5. The van der Waals surface area contributed by atoms with Crippen LogP contribution in [-0.2, 0) is 19.1 Å². The maximum Gasteiger partial charge on any atom is 0.184 e. The SMILES string of the molecule is CCCCN(Cc1ccc(-c2ccccc2-c2nnnn2C(c2ccccc2)(c2ccccc2)c2ccccc2)cc1)c1ncnc2c1ccn2C. The first-order chi connectivity index (χ1) is 25.7. The summed E-state index contributed by atoms with van der Waals surface area (Å²) in [5.41, 5.74) is 7.59. The molecule has 8 nitrogen and oxygen atoms in total. The van der Waals surface area contributed by atoms with Crippen LogP contribution in [0, 0.1) is 0 Å². The van der Waals surface area contributed by atoms with E-state index in [1.54, 1.807) is 6.33 Å². The summed E-state index contributed by atoms with van der Waals surface area (Å²) in [5.74, 6) is 1.65. The number of unbranched alkanes of at least 4 members (excludes halogenated alkanes) is 1. The minimum Gasteiger partial charge on any atom is -0.352 e. The van der Waals surface area contributed by atoms with Crippen LogP contribution in [0.4, 0.5) is 5.82 Å². The van der Waals surface area contributed by atoms with Gasteiger partial charge in [0.2, 0.25) is 0 Å². The number of anilines is 1. The molecule has 0 radical (unpaired) electrons. The summed E-state index contributed by atoms with van der Waals surface area (Å²) >= 11 is 0. The molecule has 256 valence electrons. The third kappa shape index (κ3) is 5.92. The van der Waals surface area contributed by atoms with Crippen LogP contribution >= 0.6 is 0 Å². The van der Waals surface area contributed by atoms with Crippen molar-refractivity contribution in [2.75, 3.05) is 11.4 Å². The number of aryl methyl sites for hydroxylation is 1. The van der Waals surface area contributed by atoms with Crippen molar-refractivity contribution >= 4 is 16.9 Å². The van der Waals surface area contributed by atoms with E-state index in [1.807, 2.05) is 40.7 Å². The highest BCUT2D eigenvalue weighted by molar-refractivity contribution is 5.88. The van der Waals surface area contributed by atoms with Gasteiger partial charge in [0.15, 0.2) is 5.82 Å². The molecule has 3 heterocycles. The molecular weight excluding hydrogens is 641 g/mol. The van der Waals surface area contributed by atoms with Crippen LogP contribution < -0.4 is 4.90 Å². The van der Waals surface area contributed by atoms with Crippen molar-refractivity contribution in [3.8, 4) is 22.5 Å². The molecule has 3 aromatic heterocycles. The maximum absolute atomic E-state index is 4.79. The van der Waals surface area contributed by atoms with E-state index in [2.05, 4.69) is 149 Å². The Labute approximate surface area is 304 Å². The molecular formula is C44H40N8. The van der Waals surface area contributed by atoms with E-state index in [9.17, 15) is 0 Å². The fourth-order valence-electron chi connectivity index (χ4n) is 7.35. The molecule has 8 heteroatoms. The second kappa shape index (κ2) is 14.4. The molecule has 8 rings (SSSR count). The third-order valence-corrected chi connectivity index (χ3v) is 9.89. The molecule has 0 saturated heterocycles. The molecule has 0 bridgehead atoms. The van der Waals surface area contributed by atoms with Gasteiger partial charge in [-0.15, -0.1) is 5.10 Å². The lowest BCUT2D eigenvalue weighted by Crippen LogP contribution is -2.39. The van der Waals surface area contributed by atoms with E-state index in [4.69, 9.17) is 15.3 Å². The van der Waals surface area contributed by atoms with Crippen LogP contribution in [0.2, 0.25) is 0 Å². The van der Waals surface area contributed by atoms with Crippen molar-refractivity contribution in [1.29, 1.82) is 0 Å². The van der Waals surface area contributed by atoms with Gasteiger partial charge in [0.05, 0.1) is 5.39 Å². The van der Waals surface area contributed by atoms with Crippen LogP contribution in [0.1, 0.15) is 42.0 Å². The first-order valence-corrected chi connectivity index (χ1v) is 17.8. The standard InChI is InChI=1S/C44H40N8/c1-3-4-29-51(42-40-28-30-50(2)41(40)45-32-46-42)31-33-24-26-34(27-25-33)38-22-14-15-23-39(38)43-47-48-49-52(43)44(35-16-8-5-9-17-35,36-18-10-6-11-19-36)37-20-12-7-13-21-37/h5-28,30,32H,3-4,29,31H2,1-2H3. The Morgan fingerprint density at radius 1 is 0.654 bits per heavy atom. The minimum absolute atomic E-state index is 0.678. The molecule has 0 atom stereocenters. The second-order valence-electron chi connectivity index (χ2n) is 13.1. The first-order valence-electron chi connectivity index (χ1n) is 17.8. The summed E-state index contributed by atoms with van der Waals surface area (Å²) in [7, 11) is 2.02. The Morgan fingerprint density at radius 3 is 1.87 bits per heavy atom. The fourth-order valence-corrected chi connectivity index (χ4v) is 7.35. The Morgan fingerprint density at radius 2 is 1.25 bits per heavy atom. The van der Waals surface area contributed by atoms with Crippen LogP contribution in [0.3, 0.4) is 0 Å². The summed E-state index contributed by atoms with van der Waals surface area (Å²) in [4.78, 5) is 11.7. The fraction of sp³-hybridized carbons (Fsp3) is 0.159. The minimum atomic E-state index is -0.841. The van der Waals surface area contributed by atoms with Crippen LogP contribution in [0.15, 0.2) is 158 Å². The number of aromatic nitrogens is 7. The van der Waals surface area contributed by atoms with Crippen LogP contribution in [0.25, 0.3) is 33.5 Å². The highest BCUT2D eigenvalue weighted by Crippen LogP contribution is 2.43. The smallest absolute Gasteiger partial charge is 0.184 e. The summed E-state index contributed by atoms with van der Waals surface area (Å²) < 4.78 is 4.04. The maximum atomic E-state index is 4.79. The summed E-state index contributed by atoms with van der Waals surface area (Å²) in [6, 6.07) is 50.9. The molecule has 0 aliphatic carbocycles. The second-order valence-corrected chi connectivity index (χ2v) is 13.1. The number of hydrogen-bond acceptors (Lipinski definition) is 6. The van der Waals surface area contributed by atoms with Crippen molar-refractivity contribution in [2.24, 2.45) is 7.05 Å². The van der Waals surface area contributed by atoms with Gasteiger partial charge in [-0.2, -0.15) is 0 Å². The van der Waals surface area contributed by atoms with Crippen molar-refractivity contribution in [2.45, 2.75) is 31.8 Å². The van der Waals surface area contributed by atoms with Gasteiger partial charge in [-0.1, -0.05) is 153 Å². The lowest BCUT2D eigenvalue weighted by Gasteiger charge is -2.36. The van der Waals surface area contributed by atoms with E-state index in [1.165, 1.54) is 5.56 Å². The van der Waals surface area contributed by atoms with Crippen LogP contribution in [0.5, 0.6) is 0 Å². The van der Waals surface area contributed by atoms with Gasteiger partial charge in [0, 0.05) is 31.9 Å². The molecule has 0 amide bonds. The zero-order chi connectivity index (χ0) is 35.3. The topological polar surface area (TPSA) is 77.6 Å².